The Bertz CT molecular complexity index is 666. The number of pyridine rings is 1. The van der Waals surface area contributed by atoms with Gasteiger partial charge in [-0.15, -0.1) is 0 Å². The van der Waals surface area contributed by atoms with Gasteiger partial charge in [0.05, 0.1) is 0 Å². The van der Waals surface area contributed by atoms with Gasteiger partial charge < -0.3 is 10.3 Å². The molecule has 2 N–H and O–H groups in total. The number of nitrogen functional groups attached to an aromatic ring is 1. The van der Waals surface area contributed by atoms with Gasteiger partial charge in [-0.1, -0.05) is 5.16 Å². The second-order valence-electron chi connectivity index (χ2n) is 3.46. The van der Waals surface area contributed by atoms with E-state index >= 15 is 0 Å². The highest BCUT2D eigenvalue weighted by atomic mass is 16.5. The van der Waals surface area contributed by atoms with Gasteiger partial charge in [-0.05, 0) is 12.1 Å². The molecule has 7 nitrogen and oxygen atoms in total. The number of nitrogens with zero attached hydrogens (tertiary/aromatic N) is 5. The highest BCUT2D eigenvalue weighted by molar-refractivity contribution is 5.63. The second kappa shape index (κ2) is 4.21. The van der Waals surface area contributed by atoms with Crippen molar-refractivity contribution in [3.8, 4) is 23.0 Å². The first kappa shape index (κ1) is 10.3. The van der Waals surface area contributed by atoms with Crippen LogP contribution in [0.5, 0.6) is 0 Å². The highest BCUT2D eigenvalue weighted by Gasteiger charge is 2.14. The Hall–Kier alpha value is -2.83. The number of hydrogen-bond donors (Lipinski definition) is 1. The van der Waals surface area contributed by atoms with E-state index in [1.807, 2.05) is 6.07 Å². The minimum atomic E-state index is 0.236. The fourth-order valence-corrected chi connectivity index (χ4v) is 1.45. The minimum absolute atomic E-state index is 0.236. The van der Waals surface area contributed by atoms with Gasteiger partial charge in [0.1, 0.15) is 0 Å². The fourth-order valence-electron chi connectivity index (χ4n) is 1.45. The molecule has 18 heavy (non-hydrogen) atoms. The molecule has 0 fully saturated rings. The zero-order chi connectivity index (χ0) is 12.4. The molecule has 3 heterocycles. The summed E-state index contributed by atoms with van der Waals surface area (Å²) in [6.07, 6.45) is 6.33. The molecule has 0 aliphatic carbocycles. The van der Waals surface area contributed by atoms with Crippen molar-refractivity contribution in [2.75, 3.05) is 5.73 Å². The SMILES string of the molecule is Nc1nccnc1-c1nc(-c2cccnc2)no1. The fraction of sp³-hybridized carbons (Fsp3) is 0. The van der Waals surface area contributed by atoms with Gasteiger partial charge in [0, 0.05) is 30.4 Å². The Morgan fingerprint density at radius 3 is 2.78 bits per heavy atom. The molecule has 0 saturated heterocycles. The van der Waals surface area contributed by atoms with Crippen molar-refractivity contribution in [3.63, 3.8) is 0 Å². The summed E-state index contributed by atoms with van der Waals surface area (Å²) < 4.78 is 5.11. The van der Waals surface area contributed by atoms with Crippen LogP contribution >= 0.6 is 0 Å². The Kier molecular flexibility index (Phi) is 2.41. The molecule has 0 aliphatic rings. The van der Waals surface area contributed by atoms with Crippen molar-refractivity contribution in [1.82, 2.24) is 25.1 Å². The van der Waals surface area contributed by atoms with Crippen molar-refractivity contribution < 1.29 is 4.52 Å². The molecule has 0 bridgehead atoms. The lowest BCUT2D eigenvalue weighted by molar-refractivity contribution is 0.431. The number of anilines is 1. The molecule has 88 valence electrons. The number of nitrogens with two attached hydrogens (primary N) is 1. The molecule has 0 amide bonds. The number of hydrogen-bond acceptors (Lipinski definition) is 7. The first-order chi connectivity index (χ1) is 8.84. The van der Waals surface area contributed by atoms with E-state index in [2.05, 4.69) is 25.1 Å². The van der Waals surface area contributed by atoms with Crippen molar-refractivity contribution in [3.05, 3.63) is 36.9 Å². The zero-order valence-corrected chi connectivity index (χ0v) is 9.19. The van der Waals surface area contributed by atoms with Crippen LogP contribution in [0.3, 0.4) is 0 Å². The molecule has 0 unspecified atom stereocenters. The Balaban J connectivity index is 2.03. The summed E-state index contributed by atoms with van der Waals surface area (Å²) >= 11 is 0. The normalized spacial score (nSPS) is 10.4. The number of aromatic nitrogens is 5. The standard InChI is InChI=1S/C11H8N6O/c12-9-8(14-4-5-15-9)11-16-10(17-18-11)7-2-1-3-13-6-7/h1-6H,(H2,12,15). The quantitative estimate of drug-likeness (QED) is 0.716. The smallest absolute Gasteiger partial charge is 0.280 e. The summed E-state index contributed by atoms with van der Waals surface area (Å²) in [5.41, 5.74) is 6.82. The van der Waals surface area contributed by atoms with Crippen LogP contribution < -0.4 is 5.73 Å². The van der Waals surface area contributed by atoms with Crippen LogP contribution in [0.2, 0.25) is 0 Å². The third kappa shape index (κ3) is 1.77. The van der Waals surface area contributed by atoms with Crippen molar-refractivity contribution in [2.24, 2.45) is 0 Å². The van der Waals surface area contributed by atoms with Crippen LogP contribution in [-0.4, -0.2) is 25.1 Å². The molecule has 0 aliphatic heterocycles. The summed E-state index contributed by atoms with van der Waals surface area (Å²) in [4.78, 5) is 16.2. The molecule has 0 aromatic carbocycles. The van der Waals surface area contributed by atoms with Crippen LogP contribution in [0.25, 0.3) is 23.0 Å². The Labute approximate surface area is 102 Å². The molecule has 0 atom stereocenters. The Morgan fingerprint density at radius 2 is 2.00 bits per heavy atom. The molecule has 0 spiro atoms. The van der Waals surface area contributed by atoms with E-state index in [0.29, 0.717) is 11.5 Å². The first-order valence-corrected chi connectivity index (χ1v) is 5.15. The monoisotopic (exact) mass is 240 g/mol. The number of rotatable bonds is 2. The van der Waals surface area contributed by atoms with Crippen LogP contribution in [0, 0.1) is 0 Å². The lowest BCUT2D eigenvalue weighted by atomic mass is 10.3. The predicted molar refractivity (Wildman–Crippen MR) is 63.0 cm³/mol. The van der Waals surface area contributed by atoms with Crippen LogP contribution in [-0.2, 0) is 0 Å². The Morgan fingerprint density at radius 1 is 1.11 bits per heavy atom. The maximum atomic E-state index is 5.69. The van der Waals surface area contributed by atoms with E-state index in [9.17, 15) is 0 Å². The maximum absolute atomic E-state index is 5.69. The van der Waals surface area contributed by atoms with Crippen molar-refractivity contribution >= 4 is 5.82 Å². The summed E-state index contributed by atoms with van der Waals surface area (Å²) in [5, 5.41) is 3.85. The third-order valence-electron chi connectivity index (χ3n) is 2.27. The van der Waals surface area contributed by atoms with Gasteiger partial charge in [-0.2, -0.15) is 4.98 Å². The first-order valence-electron chi connectivity index (χ1n) is 5.15. The molecule has 3 rings (SSSR count). The van der Waals surface area contributed by atoms with Gasteiger partial charge in [-0.3, -0.25) is 4.98 Å². The van der Waals surface area contributed by atoms with Gasteiger partial charge in [0.25, 0.3) is 5.89 Å². The topological polar surface area (TPSA) is 104 Å². The molecular formula is C11H8N6O. The van der Waals surface area contributed by atoms with Crippen LogP contribution in [0.4, 0.5) is 5.82 Å². The summed E-state index contributed by atoms with van der Waals surface area (Å²) in [6.45, 7) is 0. The molecule has 0 radical (unpaired) electrons. The van der Waals surface area contributed by atoms with Crippen molar-refractivity contribution in [1.29, 1.82) is 0 Å². The molecule has 3 aromatic heterocycles. The largest absolute Gasteiger partial charge is 0.382 e. The molecule has 7 heteroatoms. The average Bonchev–Trinajstić information content (AvgIpc) is 2.90. The zero-order valence-electron chi connectivity index (χ0n) is 9.19. The van der Waals surface area contributed by atoms with Gasteiger partial charge in [0.2, 0.25) is 5.82 Å². The van der Waals surface area contributed by atoms with Crippen molar-refractivity contribution in [2.45, 2.75) is 0 Å². The van der Waals surface area contributed by atoms with E-state index in [-0.39, 0.29) is 11.7 Å². The minimum Gasteiger partial charge on any atom is -0.382 e. The van der Waals surface area contributed by atoms with E-state index < -0.39 is 0 Å². The summed E-state index contributed by atoms with van der Waals surface area (Å²) in [6, 6.07) is 3.63. The maximum Gasteiger partial charge on any atom is 0.280 e. The lowest BCUT2D eigenvalue weighted by Crippen LogP contribution is -1.96. The highest BCUT2D eigenvalue weighted by Crippen LogP contribution is 2.22. The van der Waals surface area contributed by atoms with Crippen LogP contribution in [0.15, 0.2) is 41.4 Å². The van der Waals surface area contributed by atoms with E-state index in [1.165, 1.54) is 12.4 Å². The third-order valence-corrected chi connectivity index (χ3v) is 2.27. The summed E-state index contributed by atoms with van der Waals surface area (Å²) in [5.74, 6) is 0.918. The molecular weight excluding hydrogens is 232 g/mol. The van der Waals surface area contributed by atoms with E-state index in [4.69, 9.17) is 10.3 Å². The van der Waals surface area contributed by atoms with E-state index in [0.717, 1.165) is 5.56 Å². The van der Waals surface area contributed by atoms with Gasteiger partial charge in [-0.25, -0.2) is 9.97 Å². The van der Waals surface area contributed by atoms with E-state index in [1.54, 1.807) is 18.5 Å². The average molecular weight is 240 g/mol. The molecule has 0 saturated carbocycles. The van der Waals surface area contributed by atoms with Gasteiger partial charge >= 0.3 is 0 Å². The second-order valence-corrected chi connectivity index (χ2v) is 3.46. The summed E-state index contributed by atoms with van der Waals surface area (Å²) in [7, 11) is 0. The predicted octanol–water partition coefficient (Wildman–Crippen LogP) is 1.17. The molecule has 3 aromatic rings. The van der Waals surface area contributed by atoms with Crippen LogP contribution in [0.1, 0.15) is 0 Å². The lowest BCUT2D eigenvalue weighted by Gasteiger charge is -1.95. The van der Waals surface area contributed by atoms with Gasteiger partial charge in [0.15, 0.2) is 11.5 Å².